The summed E-state index contributed by atoms with van der Waals surface area (Å²) in [7, 11) is 0. The predicted molar refractivity (Wildman–Crippen MR) is 78.1 cm³/mol. The number of hydrogen-bond acceptors (Lipinski definition) is 3. The Morgan fingerprint density at radius 3 is 2.55 bits per heavy atom. The topological polar surface area (TPSA) is 32.8 Å². The first-order valence-electron chi connectivity index (χ1n) is 7.54. The SMILES string of the molecule is CCOc1ccccc1C(=O)N1CCN(C2CC2)CC1. The zero-order valence-corrected chi connectivity index (χ0v) is 12.0. The minimum atomic E-state index is 0.101. The van der Waals surface area contributed by atoms with Crippen LogP contribution in [0.1, 0.15) is 30.1 Å². The molecule has 0 aromatic heterocycles. The van der Waals surface area contributed by atoms with E-state index in [9.17, 15) is 4.79 Å². The van der Waals surface area contributed by atoms with Gasteiger partial charge in [-0.15, -0.1) is 0 Å². The van der Waals surface area contributed by atoms with Crippen LogP contribution >= 0.6 is 0 Å². The van der Waals surface area contributed by atoms with Crippen LogP contribution in [0.15, 0.2) is 24.3 Å². The fraction of sp³-hybridized carbons (Fsp3) is 0.562. The Morgan fingerprint density at radius 2 is 1.90 bits per heavy atom. The number of piperazine rings is 1. The van der Waals surface area contributed by atoms with E-state index in [2.05, 4.69) is 4.90 Å². The van der Waals surface area contributed by atoms with Crippen molar-refractivity contribution in [2.24, 2.45) is 0 Å². The van der Waals surface area contributed by atoms with Crippen molar-refractivity contribution in [1.82, 2.24) is 9.80 Å². The van der Waals surface area contributed by atoms with Gasteiger partial charge in [-0.25, -0.2) is 0 Å². The Kier molecular flexibility index (Phi) is 3.92. The summed E-state index contributed by atoms with van der Waals surface area (Å²) >= 11 is 0. The molecule has 1 aliphatic heterocycles. The molecule has 3 rings (SSSR count). The summed E-state index contributed by atoms with van der Waals surface area (Å²) in [4.78, 5) is 17.1. The number of amides is 1. The number of nitrogens with zero attached hydrogens (tertiary/aromatic N) is 2. The maximum atomic E-state index is 12.6. The van der Waals surface area contributed by atoms with E-state index in [0.29, 0.717) is 17.9 Å². The van der Waals surface area contributed by atoms with E-state index in [-0.39, 0.29) is 5.91 Å². The second kappa shape index (κ2) is 5.83. The van der Waals surface area contributed by atoms with E-state index in [1.807, 2.05) is 36.1 Å². The van der Waals surface area contributed by atoms with Crippen LogP contribution in [-0.4, -0.2) is 54.5 Å². The van der Waals surface area contributed by atoms with Gasteiger partial charge in [0.2, 0.25) is 0 Å². The third-order valence-electron chi connectivity index (χ3n) is 4.08. The van der Waals surface area contributed by atoms with Crippen molar-refractivity contribution in [3.05, 3.63) is 29.8 Å². The van der Waals surface area contributed by atoms with Crippen LogP contribution in [0, 0.1) is 0 Å². The van der Waals surface area contributed by atoms with Gasteiger partial charge in [-0.05, 0) is 31.9 Å². The summed E-state index contributed by atoms with van der Waals surface area (Å²) in [6.45, 7) is 6.20. The molecule has 2 aliphatic rings. The summed E-state index contributed by atoms with van der Waals surface area (Å²) in [5.41, 5.74) is 0.689. The summed E-state index contributed by atoms with van der Waals surface area (Å²) < 4.78 is 5.56. The molecular formula is C16H22N2O2. The van der Waals surface area contributed by atoms with Crippen molar-refractivity contribution in [3.63, 3.8) is 0 Å². The zero-order chi connectivity index (χ0) is 13.9. The van der Waals surface area contributed by atoms with E-state index in [1.54, 1.807) is 0 Å². The predicted octanol–water partition coefficient (Wildman–Crippen LogP) is 2.01. The molecule has 1 aromatic carbocycles. The highest BCUT2D eigenvalue weighted by atomic mass is 16.5. The third-order valence-corrected chi connectivity index (χ3v) is 4.08. The lowest BCUT2D eigenvalue weighted by Gasteiger charge is -2.35. The molecule has 1 aromatic rings. The van der Waals surface area contributed by atoms with Gasteiger partial charge in [-0.1, -0.05) is 12.1 Å². The standard InChI is InChI=1S/C16H22N2O2/c1-2-20-15-6-4-3-5-14(15)16(19)18-11-9-17(10-12-18)13-7-8-13/h3-6,13H,2,7-12H2,1H3. The van der Waals surface area contributed by atoms with E-state index in [1.165, 1.54) is 12.8 Å². The second-order valence-electron chi connectivity index (χ2n) is 5.49. The second-order valence-corrected chi connectivity index (χ2v) is 5.49. The van der Waals surface area contributed by atoms with Crippen molar-refractivity contribution >= 4 is 5.91 Å². The van der Waals surface area contributed by atoms with Crippen LogP contribution in [0.5, 0.6) is 5.75 Å². The van der Waals surface area contributed by atoms with E-state index < -0.39 is 0 Å². The molecule has 0 bridgehead atoms. The van der Waals surface area contributed by atoms with E-state index >= 15 is 0 Å². The molecular weight excluding hydrogens is 252 g/mol. The number of rotatable bonds is 4. The summed E-state index contributed by atoms with van der Waals surface area (Å²) in [5.74, 6) is 0.800. The average Bonchev–Trinajstić information content (AvgIpc) is 3.32. The van der Waals surface area contributed by atoms with Gasteiger partial charge < -0.3 is 9.64 Å². The molecule has 1 saturated heterocycles. The van der Waals surface area contributed by atoms with Gasteiger partial charge >= 0.3 is 0 Å². The molecule has 1 saturated carbocycles. The quantitative estimate of drug-likeness (QED) is 0.842. The summed E-state index contributed by atoms with van der Waals surface area (Å²) in [6.07, 6.45) is 2.67. The van der Waals surface area contributed by atoms with Crippen LogP contribution in [0.3, 0.4) is 0 Å². The Morgan fingerprint density at radius 1 is 1.20 bits per heavy atom. The maximum absolute atomic E-state index is 12.6. The largest absolute Gasteiger partial charge is 0.493 e. The molecule has 0 spiro atoms. The van der Waals surface area contributed by atoms with Gasteiger partial charge in [0, 0.05) is 32.2 Å². The number of ether oxygens (including phenoxy) is 1. The molecule has 0 radical (unpaired) electrons. The van der Waals surface area contributed by atoms with Crippen molar-refractivity contribution in [3.8, 4) is 5.75 Å². The third kappa shape index (κ3) is 2.80. The van der Waals surface area contributed by atoms with Crippen molar-refractivity contribution in [2.45, 2.75) is 25.8 Å². The van der Waals surface area contributed by atoms with Crippen LogP contribution in [0.25, 0.3) is 0 Å². The molecule has 20 heavy (non-hydrogen) atoms. The molecule has 1 amide bonds. The van der Waals surface area contributed by atoms with E-state index in [4.69, 9.17) is 4.74 Å². The van der Waals surface area contributed by atoms with Crippen molar-refractivity contribution < 1.29 is 9.53 Å². The van der Waals surface area contributed by atoms with E-state index in [0.717, 1.165) is 32.2 Å². The smallest absolute Gasteiger partial charge is 0.257 e. The summed E-state index contributed by atoms with van der Waals surface area (Å²) in [5, 5.41) is 0. The lowest BCUT2D eigenvalue weighted by atomic mass is 10.1. The fourth-order valence-corrected chi connectivity index (χ4v) is 2.82. The number of benzene rings is 1. The first kappa shape index (κ1) is 13.4. The van der Waals surface area contributed by atoms with Gasteiger partial charge in [-0.2, -0.15) is 0 Å². The minimum Gasteiger partial charge on any atom is -0.493 e. The highest BCUT2D eigenvalue weighted by molar-refractivity contribution is 5.97. The molecule has 2 fully saturated rings. The van der Waals surface area contributed by atoms with Crippen LogP contribution < -0.4 is 4.74 Å². The first-order chi connectivity index (χ1) is 9.79. The lowest BCUT2D eigenvalue weighted by Crippen LogP contribution is -2.49. The molecule has 108 valence electrons. The monoisotopic (exact) mass is 274 g/mol. The molecule has 0 atom stereocenters. The maximum Gasteiger partial charge on any atom is 0.257 e. The lowest BCUT2D eigenvalue weighted by molar-refractivity contribution is 0.0623. The molecule has 4 heteroatoms. The Balaban J connectivity index is 1.66. The van der Waals surface area contributed by atoms with Gasteiger partial charge in [0.25, 0.3) is 5.91 Å². The van der Waals surface area contributed by atoms with Crippen LogP contribution in [0.4, 0.5) is 0 Å². The molecule has 1 aliphatic carbocycles. The van der Waals surface area contributed by atoms with Gasteiger partial charge in [0.15, 0.2) is 0 Å². The minimum absolute atomic E-state index is 0.101. The highest BCUT2D eigenvalue weighted by Gasteiger charge is 2.32. The normalized spacial score (nSPS) is 19.9. The van der Waals surface area contributed by atoms with Gasteiger partial charge in [-0.3, -0.25) is 9.69 Å². The molecule has 0 N–H and O–H groups in total. The molecule has 4 nitrogen and oxygen atoms in total. The zero-order valence-electron chi connectivity index (χ0n) is 12.0. The fourth-order valence-electron chi connectivity index (χ4n) is 2.82. The number of carbonyl (C=O) groups excluding carboxylic acids is 1. The molecule has 1 heterocycles. The Labute approximate surface area is 120 Å². The van der Waals surface area contributed by atoms with Gasteiger partial charge in [0.05, 0.1) is 12.2 Å². The highest BCUT2D eigenvalue weighted by Crippen LogP contribution is 2.28. The average molecular weight is 274 g/mol. The number of carbonyl (C=O) groups is 1. The first-order valence-corrected chi connectivity index (χ1v) is 7.54. The summed E-state index contributed by atoms with van der Waals surface area (Å²) in [6, 6.07) is 8.34. The van der Waals surface area contributed by atoms with Crippen molar-refractivity contribution in [1.29, 1.82) is 0 Å². The van der Waals surface area contributed by atoms with Crippen LogP contribution in [0.2, 0.25) is 0 Å². The Hall–Kier alpha value is -1.55. The Bertz CT molecular complexity index is 477. The van der Waals surface area contributed by atoms with Gasteiger partial charge in [0.1, 0.15) is 5.75 Å². The number of para-hydroxylation sites is 1. The molecule has 0 unspecified atom stereocenters. The van der Waals surface area contributed by atoms with Crippen molar-refractivity contribution in [2.75, 3.05) is 32.8 Å². The number of hydrogen-bond donors (Lipinski definition) is 0. The van der Waals surface area contributed by atoms with Crippen LogP contribution in [-0.2, 0) is 0 Å².